The van der Waals surface area contributed by atoms with Gasteiger partial charge in [0, 0.05) is 15.7 Å². The van der Waals surface area contributed by atoms with Crippen molar-refractivity contribution < 1.29 is 28.6 Å². The molecule has 0 saturated heterocycles. The molecule has 2 rings (SSSR count). The molecule has 0 radical (unpaired) electrons. The van der Waals surface area contributed by atoms with Crippen molar-refractivity contribution >= 4 is 33.5 Å². The largest absolute Gasteiger partial charge is 0.493 e. The molecule has 0 aliphatic carbocycles. The minimum absolute atomic E-state index is 0.0556. The van der Waals surface area contributed by atoms with E-state index in [1.54, 1.807) is 26.0 Å². The molecule has 0 bridgehead atoms. The first-order valence-corrected chi connectivity index (χ1v) is 9.74. The zero-order valence-electron chi connectivity index (χ0n) is 17.3. The summed E-state index contributed by atoms with van der Waals surface area (Å²) in [5.74, 6) is -0.0710. The smallest absolute Gasteiger partial charge is 0.311 e. The highest BCUT2D eigenvalue weighted by molar-refractivity contribution is 9.10. The monoisotopic (exact) mass is 465 g/mol. The van der Waals surface area contributed by atoms with Gasteiger partial charge in [-0.25, -0.2) is 0 Å². The Kier molecular flexibility index (Phi) is 7.24. The van der Waals surface area contributed by atoms with Crippen molar-refractivity contribution in [2.45, 2.75) is 40.2 Å². The van der Waals surface area contributed by atoms with Crippen LogP contribution in [0.15, 0.2) is 16.6 Å². The average Bonchev–Trinajstić information content (AvgIpc) is 2.96. The second-order valence-corrected chi connectivity index (χ2v) is 7.51. The number of H-pyrrole nitrogens is 1. The number of halogens is 1. The number of ketones is 2. The first kappa shape index (κ1) is 22.7. The molecule has 2 aromatic rings. The first-order chi connectivity index (χ1) is 13.6. The van der Waals surface area contributed by atoms with Crippen molar-refractivity contribution in [3.05, 3.63) is 44.7 Å². The molecule has 1 N–H and O–H groups in total. The van der Waals surface area contributed by atoms with Gasteiger partial charge in [-0.05, 0) is 51.0 Å². The number of aromatic nitrogens is 1. The summed E-state index contributed by atoms with van der Waals surface area (Å²) in [5.41, 5.74) is 2.58. The highest BCUT2D eigenvalue weighted by atomic mass is 79.9. The van der Waals surface area contributed by atoms with Gasteiger partial charge in [0.1, 0.15) is 0 Å². The minimum Gasteiger partial charge on any atom is -0.493 e. The second-order valence-electron chi connectivity index (χ2n) is 6.65. The Hall–Kier alpha value is -2.61. The van der Waals surface area contributed by atoms with Crippen LogP contribution >= 0.6 is 15.9 Å². The van der Waals surface area contributed by atoms with E-state index in [0.29, 0.717) is 38.4 Å². The summed E-state index contributed by atoms with van der Waals surface area (Å²) >= 11 is 3.40. The molecular weight excluding hydrogens is 442 g/mol. The zero-order valence-corrected chi connectivity index (χ0v) is 18.9. The quantitative estimate of drug-likeness (QED) is 0.468. The van der Waals surface area contributed by atoms with Crippen molar-refractivity contribution in [3.8, 4) is 11.5 Å². The maximum Gasteiger partial charge on any atom is 0.311 e. The molecule has 1 heterocycles. The maximum absolute atomic E-state index is 12.7. The molecule has 1 aromatic carbocycles. The summed E-state index contributed by atoms with van der Waals surface area (Å²) < 4.78 is 16.5. The van der Waals surface area contributed by atoms with Crippen LogP contribution in [0.1, 0.15) is 51.5 Å². The van der Waals surface area contributed by atoms with Crippen LogP contribution in [-0.4, -0.2) is 42.8 Å². The Morgan fingerprint density at radius 2 is 1.69 bits per heavy atom. The van der Waals surface area contributed by atoms with Gasteiger partial charge in [0.15, 0.2) is 23.4 Å². The van der Waals surface area contributed by atoms with Gasteiger partial charge in [-0.15, -0.1) is 0 Å². The summed E-state index contributed by atoms with van der Waals surface area (Å²) in [7, 11) is 3.03. The van der Waals surface area contributed by atoms with Crippen molar-refractivity contribution in [2.75, 3.05) is 14.2 Å². The molecule has 7 nitrogen and oxygen atoms in total. The van der Waals surface area contributed by atoms with Crippen LogP contribution in [-0.2, 0) is 16.0 Å². The van der Waals surface area contributed by atoms with Gasteiger partial charge in [0.05, 0.1) is 26.3 Å². The number of methoxy groups -OCH3 is 2. The Labute approximate surface area is 177 Å². The highest BCUT2D eigenvalue weighted by Gasteiger charge is 2.26. The number of carbonyl (C=O) groups is 3. The molecule has 0 spiro atoms. The Bertz CT molecular complexity index is 963. The second kappa shape index (κ2) is 9.26. The lowest BCUT2D eigenvalue weighted by atomic mass is 10.0. The topological polar surface area (TPSA) is 94.7 Å². The van der Waals surface area contributed by atoms with E-state index in [1.807, 2.05) is 0 Å². The van der Waals surface area contributed by atoms with Crippen LogP contribution in [0, 0.1) is 13.8 Å². The van der Waals surface area contributed by atoms with E-state index >= 15 is 0 Å². The highest BCUT2D eigenvalue weighted by Crippen LogP contribution is 2.33. The van der Waals surface area contributed by atoms with Crippen molar-refractivity contribution in [1.82, 2.24) is 4.98 Å². The molecule has 0 aliphatic heterocycles. The molecule has 0 fully saturated rings. The van der Waals surface area contributed by atoms with Gasteiger partial charge in [-0.1, -0.05) is 15.9 Å². The van der Waals surface area contributed by atoms with E-state index in [9.17, 15) is 14.4 Å². The molecule has 8 heteroatoms. The molecule has 0 amide bonds. The van der Waals surface area contributed by atoms with Gasteiger partial charge in [0.2, 0.25) is 5.78 Å². The number of Topliss-reactive ketones (excluding diaryl/α,β-unsaturated/α-hetero) is 2. The number of hydrogen-bond acceptors (Lipinski definition) is 6. The van der Waals surface area contributed by atoms with E-state index in [-0.39, 0.29) is 17.9 Å². The van der Waals surface area contributed by atoms with Crippen molar-refractivity contribution in [1.29, 1.82) is 0 Å². The van der Waals surface area contributed by atoms with Crippen molar-refractivity contribution in [3.63, 3.8) is 0 Å². The lowest BCUT2D eigenvalue weighted by Crippen LogP contribution is -2.26. The molecule has 1 atom stereocenters. The SMILES string of the molecule is COc1cc(Br)c(CC(=O)O[C@H](C)C(=O)c2[nH]c(C)c(C(C)=O)c2C)cc1OC. The third-order valence-electron chi connectivity index (χ3n) is 4.60. The van der Waals surface area contributed by atoms with E-state index in [4.69, 9.17) is 14.2 Å². The van der Waals surface area contributed by atoms with E-state index in [1.165, 1.54) is 28.1 Å². The average molecular weight is 466 g/mol. The van der Waals surface area contributed by atoms with Gasteiger partial charge in [0.25, 0.3) is 0 Å². The fourth-order valence-electron chi connectivity index (χ4n) is 3.21. The minimum atomic E-state index is -1.00. The fraction of sp³-hybridized carbons (Fsp3) is 0.381. The molecule has 0 aliphatic rings. The van der Waals surface area contributed by atoms with E-state index < -0.39 is 17.9 Å². The summed E-state index contributed by atoms with van der Waals surface area (Å²) in [5, 5.41) is 0. The number of nitrogens with one attached hydrogen (secondary N) is 1. The van der Waals surface area contributed by atoms with Crippen LogP contribution in [0.4, 0.5) is 0 Å². The normalized spacial score (nSPS) is 11.7. The number of ether oxygens (including phenoxy) is 3. The Balaban J connectivity index is 2.15. The van der Waals surface area contributed by atoms with Crippen LogP contribution in [0.2, 0.25) is 0 Å². The van der Waals surface area contributed by atoms with Crippen LogP contribution in [0.25, 0.3) is 0 Å². The number of aryl methyl sites for hydroxylation is 1. The summed E-state index contributed by atoms with van der Waals surface area (Å²) in [6.07, 6.45) is -1.06. The number of hydrogen-bond donors (Lipinski definition) is 1. The predicted octanol–water partition coefficient (Wildman–Crippen LogP) is 3.97. The summed E-state index contributed by atoms with van der Waals surface area (Å²) in [6.45, 7) is 6.38. The molecule has 156 valence electrons. The van der Waals surface area contributed by atoms with Gasteiger partial charge in [-0.3, -0.25) is 14.4 Å². The third-order valence-corrected chi connectivity index (χ3v) is 5.34. The third kappa shape index (κ3) is 4.87. The number of esters is 1. The number of carbonyl (C=O) groups excluding carboxylic acids is 3. The van der Waals surface area contributed by atoms with Gasteiger partial charge < -0.3 is 19.2 Å². The fourth-order valence-corrected chi connectivity index (χ4v) is 3.67. The predicted molar refractivity (Wildman–Crippen MR) is 111 cm³/mol. The Morgan fingerprint density at radius 1 is 1.10 bits per heavy atom. The van der Waals surface area contributed by atoms with E-state index in [2.05, 4.69) is 20.9 Å². The lowest BCUT2D eigenvalue weighted by Gasteiger charge is -2.14. The van der Waals surface area contributed by atoms with Crippen LogP contribution in [0.5, 0.6) is 11.5 Å². The molecular formula is C21H24BrNO6. The first-order valence-electron chi connectivity index (χ1n) is 8.94. The standard InChI is InChI=1S/C21H24BrNO6/c1-10-19(12(3)24)11(2)23-20(10)21(26)13(4)29-18(25)8-14-7-16(27-5)17(28-6)9-15(14)22/h7,9,13,23H,8H2,1-6H3/t13-/m1/s1. The number of benzene rings is 1. The van der Waals surface area contributed by atoms with Crippen LogP contribution in [0.3, 0.4) is 0 Å². The number of rotatable bonds is 8. The molecule has 29 heavy (non-hydrogen) atoms. The summed E-state index contributed by atoms with van der Waals surface area (Å²) in [6, 6.07) is 3.37. The van der Waals surface area contributed by atoms with Crippen molar-refractivity contribution in [2.24, 2.45) is 0 Å². The van der Waals surface area contributed by atoms with Gasteiger partial charge in [-0.2, -0.15) is 0 Å². The zero-order chi connectivity index (χ0) is 21.9. The number of aromatic amines is 1. The molecule has 0 unspecified atom stereocenters. The van der Waals surface area contributed by atoms with Crippen LogP contribution < -0.4 is 9.47 Å². The van der Waals surface area contributed by atoms with E-state index in [0.717, 1.165) is 0 Å². The molecule has 0 saturated carbocycles. The van der Waals surface area contributed by atoms with Gasteiger partial charge >= 0.3 is 5.97 Å². The lowest BCUT2D eigenvalue weighted by molar-refractivity contribution is -0.145. The maximum atomic E-state index is 12.7. The Morgan fingerprint density at radius 3 is 2.21 bits per heavy atom. The molecule has 1 aromatic heterocycles. The summed E-state index contributed by atoms with van der Waals surface area (Å²) in [4.78, 5) is 39.8.